The molecule has 0 atom stereocenters. The molecule has 1 aromatic carbocycles. The summed E-state index contributed by atoms with van der Waals surface area (Å²) in [5.41, 5.74) is 3.53. The molecule has 0 bridgehead atoms. The van der Waals surface area contributed by atoms with Gasteiger partial charge >= 0.3 is 0 Å². The molecule has 5 heteroatoms. The van der Waals surface area contributed by atoms with Crippen molar-refractivity contribution in [1.82, 2.24) is 9.97 Å². The largest absolute Gasteiger partial charge is 0.337 e. The first-order chi connectivity index (χ1) is 8.66. The average Bonchev–Trinajstić information content (AvgIpc) is 2.77. The minimum absolute atomic E-state index is 0.740. The summed E-state index contributed by atoms with van der Waals surface area (Å²) in [5.74, 6) is 0. The highest BCUT2D eigenvalue weighted by atomic mass is 79.9. The molecule has 0 unspecified atom stereocenters. The van der Waals surface area contributed by atoms with Gasteiger partial charge in [-0.1, -0.05) is 45.8 Å². The Labute approximate surface area is 122 Å². The van der Waals surface area contributed by atoms with Crippen molar-refractivity contribution < 1.29 is 0 Å². The fourth-order valence-electron chi connectivity index (χ4n) is 1.93. The van der Waals surface area contributed by atoms with Crippen molar-refractivity contribution in [2.75, 3.05) is 0 Å². The van der Waals surface area contributed by atoms with E-state index < -0.39 is 0 Å². The van der Waals surface area contributed by atoms with E-state index in [0.717, 1.165) is 30.5 Å². The predicted molar refractivity (Wildman–Crippen MR) is 82.7 cm³/mol. The van der Waals surface area contributed by atoms with Gasteiger partial charge < -0.3 is 4.98 Å². The summed E-state index contributed by atoms with van der Waals surface area (Å²) >= 11 is 10.6. The minimum Gasteiger partial charge on any atom is -0.337 e. The third kappa shape index (κ3) is 1.92. The number of hydrogen-bond acceptors (Lipinski definition) is 3. The molecule has 2 nitrogen and oxygen atoms in total. The van der Waals surface area contributed by atoms with E-state index in [0.29, 0.717) is 0 Å². The van der Waals surface area contributed by atoms with Crippen LogP contribution in [0.1, 0.15) is 5.56 Å². The molecule has 0 aliphatic heterocycles. The van der Waals surface area contributed by atoms with Gasteiger partial charge in [0, 0.05) is 15.4 Å². The number of thiophene rings is 1. The second-order valence-electron chi connectivity index (χ2n) is 4.04. The van der Waals surface area contributed by atoms with E-state index in [2.05, 4.69) is 56.4 Å². The van der Waals surface area contributed by atoms with Gasteiger partial charge in [0.15, 0.2) is 0 Å². The van der Waals surface area contributed by atoms with Crippen LogP contribution in [0.3, 0.4) is 0 Å². The van der Waals surface area contributed by atoms with E-state index in [4.69, 9.17) is 12.2 Å². The maximum absolute atomic E-state index is 5.37. The zero-order chi connectivity index (χ0) is 12.7. The molecule has 1 N–H and O–H groups in total. The Morgan fingerprint density at radius 3 is 3.00 bits per heavy atom. The molecule has 0 radical (unpaired) electrons. The summed E-state index contributed by atoms with van der Waals surface area (Å²) in [5, 5.41) is 3.14. The summed E-state index contributed by atoms with van der Waals surface area (Å²) in [6.07, 6.45) is 1.65. The molecular weight excluding hydrogens is 328 g/mol. The molecular formula is C13H9BrN2S2. The van der Waals surface area contributed by atoms with Gasteiger partial charge in [-0.3, -0.25) is 0 Å². The molecule has 0 saturated carbocycles. The maximum atomic E-state index is 5.37. The number of nitrogens with one attached hydrogen (secondary N) is 1. The van der Waals surface area contributed by atoms with Crippen LogP contribution < -0.4 is 0 Å². The Balaban J connectivity index is 2.39. The van der Waals surface area contributed by atoms with Crippen LogP contribution in [0.5, 0.6) is 0 Å². The van der Waals surface area contributed by atoms with Gasteiger partial charge in [0.05, 0.1) is 11.7 Å². The van der Waals surface area contributed by atoms with E-state index in [9.17, 15) is 0 Å². The Morgan fingerprint density at radius 1 is 1.33 bits per heavy atom. The lowest BCUT2D eigenvalue weighted by Crippen LogP contribution is -1.83. The molecule has 0 saturated heterocycles. The number of rotatable bonds is 1. The van der Waals surface area contributed by atoms with Crippen LogP contribution in [-0.4, -0.2) is 9.97 Å². The van der Waals surface area contributed by atoms with Gasteiger partial charge in [-0.25, -0.2) is 4.98 Å². The molecule has 0 aliphatic rings. The van der Waals surface area contributed by atoms with Gasteiger partial charge in [0.1, 0.15) is 9.47 Å². The normalized spacial score (nSPS) is 11.0. The topological polar surface area (TPSA) is 28.7 Å². The lowest BCUT2D eigenvalue weighted by atomic mass is 10.0. The van der Waals surface area contributed by atoms with Crippen LogP contribution in [-0.2, 0) is 0 Å². The van der Waals surface area contributed by atoms with Gasteiger partial charge in [-0.15, -0.1) is 11.3 Å². The van der Waals surface area contributed by atoms with E-state index in [1.807, 2.05) is 0 Å². The number of fused-ring (bicyclic) bond motifs is 1. The molecule has 3 rings (SSSR count). The molecule has 0 aliphatic carbocycles. The van der Waals surface area contributed by atoms with Crippen molar-refractivity contribution in [2.24, 2.45) is 0 Å². The third-order valence-electron chi connectivity index (χ3n) is 2.79. The number of aryl methyl sites for hydroxylation is 1. The van der Waals surface area contributed by atoms with Crippen molar-refractivity contribution >= 4 is 49.7 Å². The second-order valence-corrected chi connectivity index (χ2v) is 6.17. The average molecular weight is 337 g/mol. The zero-order valence-corrected chi connectivity index (χ0v) is 12.7. The first kappa shape index (κ1) is 12.0. The first-order valence-electron chi connectivity index (χ1n) is 5.38. The molecule has 0 amide bonds. The predicted octanol–water partition coefficient (Wildman–Crippen LogP) is 5.09. The van der Waals surface area contributed by atoms with Crippen molar-refractivity contribution in [3.8, 4) is 11.1 Å². The summed E-state index contributed by atoms with van der Waals surface area (Å²) in [6, 6.07) is 6.31. The molecule has 2 aromatic heterocycles. The van der Waals surface area contributed by atoms with Crippen LogP contribution in [0, 0.1) is 11.6 Å². The fraction of sp³-hybridized carbons (Fsp3) is 0.0769. The highest BCUT2D eigenvalue weighted by Gasteiger charge is 2.11. The van der Waals surface area contributed by atoms with Crippen LogP contribution in [0.25, 0.3) is 21.3 Å². The third-order valence-corrected chi connectivity index (χ3v) is 4.69. The summed E-state index contributed by atoms with van der Waals surface area (Å²) < 4.78 is 1.82. The van der Waals surface area contributed by atoms with E-state index in [-0.39, 0.29) is 0 Å². The van der Waals surface area contributed by atoms with Crippen molar-refractivity contribution in [1.29, 1.82) is 0 Å². The Morgan fingerprint density at radius 2 is 2.17 bits per heavy atom. The van der Waals surface area contributed by atoms with Gasteiger partial charge in [-0.05, 0) is 18.6 Å². The van der Waals surface area contributed by atoms with Crippen molar-refractivity contribution in [3.63, 3.8) is 0 Å². The lowest BCUT2D eigenvalue weighted by Gasteiger charge is -2.04. The molecule has 18 heavy (non-hydrogen) atoms. The standard InChI is InChI=1S/C13H9BrN2S2/c1-7-2-3-10(14)8(4-7)9-5-18-13-11(9)12(17)15-6-16-13/h2-6H,1H3,(H,15,16,17). The number of halogens is 1. The smallest absolute Gasteiger partial charge is 0.128 e. The Bertz CT molecular complexity index is 789. The quantitative estimate of drug-likeness (QED) is 0.627. The van der Waals surface area contributed by atoms with Crippen LogP contribution >= 0.6 is 39.5 Å². The molecule has 90 valence electrons. The number of nitrogens with zero attached hydrogens (tertiary/aromatic N) is 1. The summed E-state index contributed by atoms with van der Waals surface area (Å²) in [7, 11) is 0. The van der Waals surface area contributed by atoms with E-state index in [1.165, 1.54) is 5.56 Å². The van der Waals surface area contributed by atoms with Gasteiger partial charge in [0.25, 0.3) is 0 Å². The minimum atomic E-state index is 0.740. The number of benzene rings is 1. The summed E-state index contributed by atoms with van der Waals surface area (Å²) in [4.78, 5) is 8.30. The number of aromatic amines is 1. The Kier molecular flexibility index (Phi) is 3.05. The van der Waals surface area contributed by atoms with Crippen LogP contribution in [0.4, 0.5) is 0 Å². The molecule has 3 aromatic rings. The van der Waals surface area contributed by atoms with Crippen molar-refractivity contribution in [3.05, 3.63) is 44.6 Å². The van der Waals surface area contributed by atoms with E-state index >= 15 is 0 Å². The number of H-pyrrole nitrogens is 1. The first-order valence-corrected chi connectivity index (χ1v) is 7.46. The number of aromatic nitrogens is 2. The van der Waals surface area contributed by atoms with Gasteiger partial charge in [0.2, 0.25) is 0 Å². The van der Waals surface area contributed by atoms with E-state index in [1.54, 1.807) is 17.7 Å². The van der Waals surface area contributed by atoms with Crippen LogP contribution in [0.2, 0.25) is 0 Å². The molecule has 2 heterocycles. The molecule has 0 fully saturated rings. The highest BCUT2D eigenvalue weighted by Crippen LogP contribution is 2.37. The molecule has 0 spiro atoms. The summed E-state index contributed by atoms with van der Waals surface area (Å²) in [6.45, 7) is 2.09. The highest BCUT2D eigenvalue weighted by molar-refractivity contribution is 9.10. The SMILES string of the molecule is Cc1ccc(Br)c(-c2csc3nc[nH]c(=S)c23)c1. The number of hydrogen-bond donors (Lipinski definition) is 1. The Hall–Kier alpha value is -1.04. The zero-order valence-electron chi connectivity index (χ0n) is 9.53. The fourth-order valence-corrected chi connectivity index (χ4v) is 3.63. The van der Waals surface area contributed by atoms with Crippen LogP contribution in [0.15, 0.2) is 34.4 Å². The maximum Gasteiger partial charge on any atom is 0.128 e. The monoisotopic (exact) mass is 336 g/mol. The van der Waals surface area contributed by atoms with Crippen molar-refractivity contribution in [2.45, 2.75) is 6.92 Å². The van der Waals surface area contributed by atoms with Gasteiger partial charge in [-0.2, -0.15) is 0 Å². The second kappa shape index (κ2) is 4.57. The lowest BCUT2D eigenvalue weighted by molar-refractivity contribution is 1.22.